The Hall–Kier alpha value is -2.64. The quantitative estimate of drug-likeness (QED) is 0.579. The average molecular weight is 434 g/mol. The van der Waals surface area contributed by atoms with E-state index in [4.69, 9.17) is 0 Å². The number of nitrogens with one attached hydrogen (secondary N) is 1. The first-order valence-corrected chi connectivity index (χ1v) is 12.3. The molecule has 1 N–H and O–H groups in total. The lowest BCUT2D eigenvalue weighted by atomic mass is 9.86. The Morgan fingerprint density at radius 1 is 0.742 bits per heavy atom. The molecule has 0 saturated heterocycles. The van der Waals surface area contributed by atoms with Crippen LogP contribution in [0.4, 0.5) is 0 Å². The Morgan fingerprint density at radius 2 is 1.23 bits per heavy atom. The van der Waals surface area contributed by atoms with E-state index < -0.39 is 12.7 Å². The first-order chi connectivity index (χ1) is 14.4. The van der Waals surface area contributed by atoms with Gasteiger partial charge >= 0.3 is 0 Å². The molecule has 0 heterocycles. The molecule has 162 valence electrons. The molecular formula is C27H32NO2P. The number of hydrogen-bond donors (Lipinski definition) is 1. The highest BCUT2D eigenvalue weighted by Gasteiger charge is 2.35. The van der Waals surface area contributed by atoms with E-state index in [-0.39, 0.29) is 11.3 Å². The fourth-order valence-corrected chi connectivity index (χ4v) is 6.44. The van der Waals surface area contributed by atoms with Gasteiger partial charge in [0, 0.05) is 21.5 Å². The van der Waals surface area contributed by atoms with Gasteiger partial charge in [0.2, 0.25) is 0 Å². The molecule has 0 aliphatic carbocycles. The average Bonchev–Trinajstić information content (AvgIpc) is 2.72. The smallest absolute Gasteiger partial charge is 0.252 e. The number of benzene rings is 3. The molecule has 0 radical (unpaired) electrons. The minimum atomic E-state index is -3.29. The van der Waals surface area contributed by atoms with Crippen molar-refractivity contribution in [1.82, 2.24) is 5.32 Å². The second-order valence-electron chi connectivity index (χ2n) is 9.97. The SMILES string of the molecule is CC(C)(C)NC(=O)c1ccc(C(C)(C)C)cc1P(=O)(c1ccccc1)c1ccccc1. The standard InChI is InChI=1S/C27H32NO2P/c1-26(2,3)20-17-18-23(25(29)28-27(4,5)6)24(19-20)31(30,21-13-9-7-10-14-21)22-15-11-8-12-16-22/h7-19H,1-6H3,(H,28,29). The maximum Gasteiger partial charge on any atom is 0.252 e. The summed E-state index contributed by atoms with van der Waals surface area (Å²) in [6.07, 6.45) is 0. The summed E-state index contributed by atoms with van der Waals surface area (Å²) >= 11 is 0. The first kappa shape index (κ1) is 23.0. The Bertz CT molecular complexity index is 1060. The van der Waals surface area contributed by atoms with Crippen molar-refractivity contribution in [2.75, 3.05) is 0 Å². The number of amides is 1. The van der Waals surface area contributed by atoms with Gasteiger partial charge in [-0.1, -0.05) is 87.5 Å². The second kappa shape index (κ2) is 8.48. The molecule has 0 unspecified atom stereocenters. The molecule has 3 nitrogen and oxygen atoms in total. The molecule has 0 aliphatic heterocycles. The summed E-state index contributed by atoms with van der Waals surface area (Å²) in [5, 5.41) is 5.07. The van der Waals surface area contributed by atoms with Crippen molar-refractivity contribution in [2.24, 2.45) is 0 Å². The second-order valence-corrected chi connectivity index (χ2v) is 12.7. The molecule has 0 aliphatic rings. The molecule has 0 bridgehead atoms. The zero-order chi connectivity index (χ0) is 22.9. The van der Waals surface area contributed by atoms with Crippen LogP contribution in [0, 0.1) is 0 Å². The molecule has 4 heteroatoms. The van der Waals surface area contributed by atoms with Crippen molar-refractivity contribution in [1.29, 1.82) is 0 Å². The highest BCUT2D eigenvalue weighted by atomic mass is 31.2. The van der Waals surface area contributed by atoms with Crippen LogP contribution in [0.2, 0.25) is 0 Å². The van der Waals surface area contributed by atoms with E-state index in [0.29, 0.717) is 10.9 Å². The van der Waals surface area contributed by atoms with Crippen molar-refractivity contribution in [3.8, 4) is 0 Å². The largest absolute Gasteiger partial charge is 0.347 e. The summed E-state index contributed by atoms with van der Waals surface area (Å²) in [4.78, 5) is 13.3. The van der Waals surface area contributed by atoms with Crippen LogP contribution in [0.5, 0.6) is 0 Å². The van der Waals surface area contributed by atoms with Gasteiger partial charge in [0.1, 0.15) is 0 Å². The van der Waals surface area contributed by atoms with Gasteiger partial charge in [0.25, 0.3) is 5.91 Å². The van der Waals surface area contributed by atoms with Crippen molar-refractivity contribution >= 4 is 29.0 Å². The van der Waals surface area contributed by atoms with Crippen LogP contribution < -0.4 is 21.2 Å². The van der Waals surface area contributed by atoms with Crippen molar-refractivity contribution in [3.63, 3.8) is 0 Å². The molecule has 0 fully saturated rings. The van der Waals surface area contributed by atoms with Crippen LogP contribution >= 0.6 is 7.14 Å². The number of hydrogen-bond acceptors (Lipinski definition) is 2. The first-order valence-electron chi connectivity index (χ1n) is 10.6. The lowest BCUT2D eigenvalue weighted by Gasteiger charge is -2.28. The summed E-state index contributed by atoms with van der Waals surface area (Å²) in [5.74, 6) is -0.213. The van der Waals surface area contributed by atoms with Crippen LogP contribution in [0.3, 0.4) is 0 Å². The number of rotatable bonds is 4. The molecule has 1 amide bonds. The zero-order valence-electron chi connectivity index (χ0n) is 19.3. The van der Waals surface area contributed by atoms with Gasteiger partial charge < -0.3 is 9.88 Å². The third-order valence-corrected chi connectivity index (χ3v) is 8.27. The molecule has 0 saturated carbocycles. The van der Waals surface area contributed by atoms with Gasteiger partial charge in [0.15, 0.2) is 7.14 Å². The van der Waals surface area contributed by atoms with E-state index in [1.165, 1.54) is 0 Å². The van der Waals surface area contributed by atoms with Crippen LogP contribution in [-0.2, 0) is 9.98 Å². The zero-order valence-corrected chi connectivity index (χ0v) is 20.2. The van der Waals surface area contributed by atoms with Gasteiger partial charge in [-0.2, -0.15) is 0 Å². The summed E-state index contributed by atoms with van der Waals surface area (Å²) in [6, 6.07) is 24.8. The van der Waals surface area contributed by atoms with Crippen LogP contribution in [-0.4, -0.2) is 11.4 Å². The summed E-state index contributed by atoms with van der Waals surface area (Å²) in [7, 11) is -3.29. The molecule has 3 rings (SSSR count). The van der Waals surface area contributed by atoms with E-state index >= 15 is 4.57 Å². The van der Waals surface area contributed by atoms with Crippen LogP contribution in [0.15, 0.2) is 78.9 Å². The predicted octanol–water partition coefficient (Wildman–Crippen LogP) is 5.15. The predicted molar refractivity (Wildman–Crippen MR) is 132 cm³/mol. The lowest BCUT2D eigenvalue weighted by molar-refractivity contribution is 0.0920. The molecule has 3 aromatic rings. The van der Waals surface area contributed by atoms with Crippen molar-refractivity contribution in [2.45, 2.75) is 52.5 Å². The Labute approximate surface area is 186 Å². The highest BCUT2D eigenvalue weighted by Crippen LogP contribution is 2.44. The fourth-order valence-electron chi connectivity index (χ4n) is 3.56. The van der Waals surface area contributed by atoms with Gasteiger partial charge in [-0.25, -0.2) is 0 Å². The Morgan fingerprint density at radius 3 is 1.65 bits per heavy atom. The van der Waals surface area contributed by atoms with Gasteiger partial charge in [-0.15, -0.1) is 0 Å². The topological polar surface area (TPSA) is 46.2 Å². The lowest BCUT2D eigenvalue weighted by Crippen LogP contribution is -2.43. The van der Waals surface area contributed by atoms with E-state index in [0.717, 1.165) is 16.2 Å². The molecule has 0 atom stereocenters. The summed E-state index contributed by atoms with van der Waals surface area (Å²) in [6.45, 7) is 12.2. The van der Waals surface area contributed by atoms with Crippen LogP contribution in [0.1, 0.15) is 57.5 Å². The maximum atomic E-state index is 15.0. The van der Waals surface area contributed by atoms with Crippen LogP contribution in [0.25, 0.3) is 0 Å². The Balaban J connectivity index is 2.36. The molecule has 0 spiro atoms. The Kier molecular flexibility index (Phi) is 6.30. The number of carbonyl (C=O) groups is 1. The highest BCUT2D eigenvalue weighted by molar-refractivity contribution is 7.85. The molecular weight excluding hydrogens is 401 g/mol. The van der Waals surface area contributed by atoms with Gasteiger partial charge in [-0.05, 0) is 43.9 Å². The van der Waals surface area contributed by atoms with E-state index in [2.05, 4.69) is 26.1 Å². The maximum absolute atomic E-state index is 15.0. The summed E-state index contributed by atoms with van der Waals surface area (Å²) < 4.78 is 15.0. The molecule has 0 aromatic heterocycles. The van der Waals surface area contributed by atoms with Crippen molar-refractivity contribution < 1.29 is 9.36 Å². The van der Waals surface area contributed by atoms with E-state index in [1.807, 2.05) is 99.6 Å². The van der Waals surface area contributed by atoms with Gasteiger partial charge in [-0.3, -0.25) is 4.79 Å². The molecule has 3 aromatic carbocycles. The van der Waals surface area contributed by atoms with E-state index in [9.17, 15) is 4.79 Å². The monoisotopic (exact) mass is 433 g/mol. The van der Waals surface area contributed by atoms with E-state index in [1.54, 1.807) is 0 Å². The fraction of sp³-hybridized carbons (Fsp3) is 0.296. The minimum Gasteiger partial charge on any atom is -0.347 e. The minimum absolute atomic E-state index is 0.147. The molecule has 31 heavy (non-hydrogen) atoms. The number of carbonyl (C=O) groups excluding carboxylic acids is 1. The third kappa shape index (κ3) is 4.99. The van der Waals surface area contributed by atoms with Gasteiger partial charge in [0.05, 0.1) is 5.56 Å². The van der Waals surface area contributed by atoms with Crippen molar-refractivity contribution in [3.05, 3.63) is 90.0 Å². The third-order valence-electron chi connectivity index (χ3n) is 5.18. The normalized spacial score (nSPS) is 12.5. The summed E-state index contributed by atoms with van der Waals surface area (Å²) in [5.41, 5.74) is 0.952.